The molecule has 1 N–H and O–H groups in total. The van der Waals surface area contributed by atoms with E-state index >= 15 is 0 Å². The standard InChI is InChI=1S/C25H34N2O6/c1-3-14-31-25(30)17-4-6-18(7-5-17)33-22-16-32-24-19(23(22)29)8-9-21(28)20(24)15-27-12-10-26(2)11-13-27/h4-7,16,19-21,24,28H,3,8-15H2,1-2H3. The van der Waals surface area contributed by atoms with Crippen molar-refractivity contribution in [3.63, 3.8) is 0 Å². The van der Waals surface area contributed by atoms with E-state index in [9.17, 15) is 14.7 Å². The lowest BCUT2D eigenvalue weighted by atomic mass is 9.73. The van der Waals surface area contributed by atoms with Crippen LogP contribution >= 0.6 is 0 Å². The lowest BCUT2D eigenvalue weighted by Crippen LogP contribution is -2.54. The molecule has 8 heteroatoms. The highest BCUT2D eigenvalue weighted by atomic mass is 16.5. The SMILES string of the molecule is CCCOC(=O)c1ccc(OC2=COC3C(CCC(O)C3CN3CCN(C)CC3)C2=O)cc1. The molecule has 1 aromatic carbocycles. The van der Waals surface area contributed by atoms with Crippen LogP contribution in [0.25, 0.3) is 0 Å². The van der Waals surface area contributed by atoms with Crippen LogP contribution in [0.2, 0.25) is 0 Å². The molecule has 1 aromatic rings. The Morgan fingerprint density at radius 1 is 1.15 bits per heavy atom. The first kappa shape index (κ1) is 23.7. The second-order valence-corrected chi connectivity index (χ2v) is 9.23. The van der Waals surface area contributed by atoms with Gasteiger partial charge in [0.05, 0.1) is 24.2 Å². The number of esters is 1. The first-order chi connectivity index (χ1) is 16.0. The van der Waals surface area contributed by atoms with E-state index < -0.39 is 6.10 Å². The Kier molecular flexibility index (Phi) is 7.67. The highest BCUT2D eigenvalue weighted by molar-refractivity contribution is 5.96. The molecular formula is C25H34N2O6. The molecule has 1 aliphatic carbocycles. The molecule has 0 aromatic heterocycles. The number of Topliss-reactive ketones (excluding diaryl/α,β-unsaturated/α-hetero) is 1. The Labute approximate surface area is 195 Å². The molecule has 4 unspecified atom stereocenters. The van der Waals surface area contributed by atoms with Crippen LogP contribution in [0.3, 0.4) is 0 Å². The molecule has 0 spiro atoms. The second kappa shape index (κ2) is 10.7. The number of carbonyl (C=O) groups excluding carboxylic acids is 2. The predicted molar refractivity (Wildman–Crippen MR) is 122 cm³/mol. The van der Waals surface area contributed by atoms with Crippen molar-refractivity contribution in [2.75, 3.05) is 46.4 Å². The molecule has 0 amide bonds. The Morgan fingerprint density at radius 2 is 1.88 bits per heavy atom. The minimum absolute atomic E-state index is 0.0899. The second-order valence-electron chi connectivity index (χ2n) is 9.23. The van der Waals surface area contributed by atoms with Crippen LogP contribution in [0.4, 0.5) is 0 Å². The van der Waals surface area contributed by atoms with Gasteiger partial charge in [0.1, 0.15) is 18.1 Å². The summed E-state index contributed by atoms with van der Waals surface area (Å²) in [6.45, 7) is 6.96. The lowest BCUT2D eigenvalue weighted by molar-refractivity contribution is -0.140. The third-order valence-electron chi connectivity index (χ3n) is 6.82. The van der Waals surface area contributed by atoms with Gasteiger partial charge in [-0.1, -0.05) is 6.92 Å². The molecule has 2 heterocycles. The first-order valence-electron chi connectivity index (χ1n) is 11.9. The number of aliphatic hydroxyl groups is 1. The molecule has 0 bridgehead atoms. The summed E-state index contributed by atoms with van der Waals surface area (Å²) in [4.78, 5) is 29.8. The molecule has 4 rings (SSSR count). The van der Waals surface area contributed by atoms with Crippen molar-refractivity contribution >= 4 is 11.8 Å². The summed E-state index contributed by atoms with van der Waals surface area (Å²) in [5, 5.41) is 10.7. The first-order valence-corrected chi connectivity index (χ1v) is 11.9. The van der Waals surface area contributed by atoms with E-state index in [0.29, 0.717) is 30.8 Å². The molecular weight excluding hydrogens is 424 g/mol. The lowest BCUT2D eigenvalue weighted by Gasteiger charge is -2.44. The van der Waals surface area contributed by atoms with Gasteiger partial charge < -0.3 is 29.1 Å². The molecule has 8 nitrogen and oxygen atoms in total. The van der Waals surface area contributed by atoms with Crippen LogP contribution in [-0.2, 0) is 14.3 Å². The van der Waals surface area contributed by atoms with Crippen LogP contribution < -0.4 is 4.74 Å². The average molecular weight is 459 g/mol. The minimum atomic E-state index is -0.477. The third-order valence-corrected chi connectivity index (χ3v) is 6.82. The number of carbonyl (C=O) groups is 2. The number of piperazine rings is 1. The summed E-state index contributed by atoms with van der Waals surface area (Å²) < 4.78 is 17.0. The quantitative estimate of drug-likeness (QED) is 0.622. The number of rotatable bonds is 7. The summed E-state index contributed by atoms with van der Waals surface area (Å²) in [6, 6.07) is 6.52. The fourth-order valence-electron chi connectivity index (χ4n) is 4.80. The predicted octanol–water partition coefficient (Wildman–Crippen LogP) is 2.08. The van der Waals surface area contributed by atoms with E-state index in [-0.39, 0.29) is 35.5 Å². The maximum absolute atomic E-state index is 13.2. The van der Waals surface area contributed by atoms with E-state index in [1.807, 2.05) is 6.92 Å². The molecule has 1 saturated carbocycles. The van der Waals surface area contributed by atoms with Gasteiger partial charge in [-0.3, -0.25) is 4.79 Å². The summed E-state index contributed by atoms with van der Waals surface area (Å²) in [7, 11) is 2.11. The Balaban J connectivity index is 1.40. The zero-order valence-electron chi connectivity index (χ0n) is 19.4. The van der Waals surface area contributed by atoms with Crippen molar-refractivity contribution in [3.8, 4) is 5.75 Å². The number of hydrogen-bond acceptors (Lipinski definition) is 8. The van der Waals surface area contributed by atoms with Crippen molar-refractivity contribution in [1.29, 1.82) is 0 Å². The van der Waals surface area contributed by atoms with Crippen LogP contribution in [0, 0.1) is 11.8 Å². The smallest absolute Gasteiger partial charge is 0.338 e. The van der Waals surface area contributed by atoms with Gasteiger partial charge in [0.25, 0.3) is 0 Å². The monoisotopic (exact) mass is 458 g/mol. The normalized spacial score (nSPS) is 28.5. The number of ketones is 1. The fourth-order valence-corrected chi connectivity index (χ4v) is 4.80. The average Bonchev–Trinajstić information content (AvgIpc) is 2.82. The molecule has 180 valence electrons. The van der Waals surface area contributed by atoms with Crippen LogP contribution in [0.5, 0.6) is 5.75 Å². The summed E-state index contributed by atoms with van der Waals surface area (Å²) >= 11 is 0. The van der Waals surface area contributed by atoms with Crippen molar-refractivity contribution < 1.29 is 28.9 Å². The number of nitrogens with zero attached hydrogens (tertiary/aromatic N) is 2. The number of likely N-dealkylation sites (N-methyl/N-ethyl adjacent to an activating group) is 1. The molecule has 0 radical (unpaired) electrons. The molecule has 3 aliphatic rings. The van der Waals surface area contributed by atoms with Crippen molar-refractivity contribution in [3.05, 3.63) is 41.9 Å². The number of fused-ring (bicyclic) bond motifs is 1. The van der Waals surface area contributed by atoms with Gasteiger partial charge in [0.2, 0.25) is 11.5 Å². The number of aliphatic hydroxyl groups excluding tert-OH is 1. The highest BCUT2D eigenvalue weighted by Crippen LogP contribution is 2.38. The zero-order valence-corrected chi connectivity index (χ0v) is 19.4. The highest BCUT2D eigenvalue weighted by Gasteiger charge is 2.47. The summed E-state index contributed by atoms with van der Waals surface area (Å²) in [5.74, 6) is -0.292. The maximum atomic E-state index is 13.2. The van der Waals surface area contributed by atoms with Gasteiger partial charge in [-0.2, -0.15) is 0 Å². The van der Waals surface area contributed by atoms with E-state index in [2.05, 4.69) is 16.8 Å². The van der Waals surface area contributed by atoms with Crippen molar-refractivity contribution in [1.82, 2.24) is 9.80 Å². The fraction of sp³-hybridized carbons (Fsp3) is 0.600. The van der Waals surface area contributed by atoms with Gasteiger partial charge in [0.15, 0.2) is 0 Å². The maximum Gasteiger partial charge on any atom is 0.338 e. The molecule has 1 saturated heterocycles. The number of hydrogen-bond donors (Lipinski definition) is 1. The number of allylic oxidation sites excluding steroid dienone is 1. The van der Waals surface area contributed by atoms with E-state index in [1.54, 1.807) is 24.3 Å². The molecule has 33 heavy (non-hydrogen) atoms. The van der Waals surface area contributed by atoms with Crippen LogP contribution in [-0.4, -0.2) is 85.2 Å². The largest absolute Gasteiger partial charge is 0.493 e. The Bertz CT molecular complexity index is 862. The Hall–Kier alpha value is -2.42. The van der Waals surface area contributed by atoms with Crippen molar-refractivity contribution in [2.45, 2.75) is 38.4 Å². The van der Waals surface area contributed by atoms with E-state index in [4.69, 9.17) is 14.2 Å². The third kappa shape index (κ3) is 5.57. The topological polar surface area (TPSA) is 88.5 Å². The summed E-state index contributed by atoms with van der Waals surface area (Å²) in [6.07, 6.45) is 2.49. The van der Waals surface area contributed by atoms with E-state index in [1.165, 1.54) is 6.26 Å². The number of benzene rings is 1. The van der Waals surface area contributed by atoms with Crippen molar-refractivity contribution in [2.24, 2.45) is 11.8 Å². The van der Waals surface area contributed by atoms with Crippen LogP contribution in [0.1, 0.15) is 36.5 Å². The molecule has 2 aliphatic heterocycles. The van der Waals surface area contributed by atoms with Gasteiger partial charge in [-0.25, -0.2) is 4.79 Å². The van der Waals surface area contributed by atoms with E-state index in [0.717, 1.165) is 39.1 Å². The summed E-state index contributed by atoms with van der Waals surface area (Å²) in [5.41, 5.74) is 0.434. The van der Waals surface area contributed by atoms with Gasteiger partial charge >= 0.3 is 5.97 Å². The van der Waals surface area contributed by atoms with Gasteiger partial charge in [-0.15, -0.1) is 0 Å². The van der Waals surface area contributed by atoms with Gasteiger partial charge in [0, 0.05) is 38.6 Å². The minimum Gasteiger partial charge on any atom is -0.493 e. The van der Waals surface area contributed by atoms with Crippen LogP contribution in [0.15, 0.2) is 36.3 Å². The van der Waals surface area contributed by atoms with Gasteiger partial charge in [-0.05, 0) is 50.6 Å². The number of ether oxygens (including phenoxy) is 3. The molecule has 4 atom stereocenters. The molecule has 2 fully saturated rings. The zero-order chi connectivity index (χ0) is 23.4. The Morgan fingerprint density at radius 3 is 2.58 bits per heavy atom.